The molecule has 0 aliphatic carbocycles. The Morgan fingerprint density at radius 3 is 2.27 bits per heavy atom. The van der Waals surface area contributed by atoms with Gasteiger partial charge in [-0.15, -0.1) is 0 Å². The first-order valence-corrected chi connectivity index (χ1v) is 13.8. The molecule has 1 aliphatic rings. The van der Waals surface area contributed by atoms with Gasteiger partial charge in [-0.2, -0.15) is 13.2 Å². The maximum absolute atomic E-state index is 13.5. The fourth-order valence-electron chi connectivity index (χ4n) is 3.70. The van der Waals surface area contributed by atoms with Crippen LogP contribution in [0.1, 0.15) is 43.4 Å². The number of carbonyl (C=O) groups is 1. The number of halogens is 6. The SMILES string of the molecule is CC(C)(C)c1onc(NS(=O)(=O)c2cnc3c(c2)CN(Cc2cc(F)cc(F)c2)CC3)c1Br.O=C(O)C(F)(F)F. The van der Waals surface area contributed by atoms with Gasteiger partial charge in [-0.05, 0) is 45.3 Å². The standard InChI is InChI=1S/C22H23BrF2N4O3S.C2HF3O2/c1-22(2,3)20-19(23)21(27-32-20)28-33(30,31)17-8-14-12-29(5-4-18(14)26-10-17)11-13-6-15(24)9-16(25)7-13;3-2(4,5)1(6)7/h6-10H,4-5,11-12H2,1-3H3,(H,27,28);(H,6,7). The van der Waals surface area contributed by atoms with Gasteiger partial charge in [0.15, 0.2) is 11.6 Å². The molecular formula is C24H24BrF5N4O5S. The Morgan fingerprint density at radius 1 is 1.15 bits per heavy atom. The summed E-state index contributed by atoms with van der Waals surface area (Å²) in [5.74, 6) is -3.43. The first-order chi connectivity index (χ1) is 18.4. The summed E-state index contributed by atoms with van der Waals surface area (Å²) in [6.45, 7) is 7.16. The minimum absolute atomic E-state index is 0.00731. The van der Waals surface area contributed by atoms with Crippen LogP contribution >= 0.6 is 15.9 Å². The number of aliphatic carboxylic acids is 1. The summed E-state index contributed by atoms with van der Waals surface area (Å²) in [6.07, 6.45) is -3.16. The second-order valence-electron chi connectivity index (χ2n) is 9.85. The van der Waals surface area contributed by atoms with E-state index in [1.54, 1.807) is 6.07 Å². The van der Waals surface area contributed by atoms with E-state index < -0.39 is 33.8 Å². The van der Waals surface area contributed by atoms with E-state index in [0.29, 0.717) is 41.9 Å². The molecule has 0 atom stereocenters. The summed E-state index contributed by atoms with van der Waals surface area (Å²) in [4.78, 5) is 15.2. The molecule has 218 valence electrons. The lowest BCUT2D eigenvalue weighted by Crippen LogP contribution is -2.31. The fourth-order valence-corrected chi connectivity index (χ4v) is 5.67. The number of pyridine rings is 1. The van der Waals surface area contributed by atoms with Crippen LogP contribution in [-0.2, 0) is 39.7 Å². The van der Waals surface area contributed by atoms with Gasteiger partial charge >= 0.3 is 12.1 Å². The van der Waals surface area contributed by atoms with Gasteiger partial charge in [-0.25, -0.2) is 22.0 Å². The lowest BCUT2D eigenvalue weighted by molar-refractivity contribution is -0.192. The maximum atomic E-state index is 13.5. The molecule has 0 unspecified atom stereocenters. The molecule has 40 heavy (non-hydrogen) atoms. The first-order valence-electron chi connectivity index (χ1n) is 11.5. The average molecular weight is 655 g/mol. The molecule has 1 aromatic carbocycles. The number of hydrogen-bond acceptors (Lipinski definition) is 7. The van der Waals surface area contributed by atoms with Crippen molar-refractivity contribution in [3.63, 3.8) is 0 Å². The predicted octanol–water partition coefficient (Wildman–Crippen LogP) is 5.40. The second-order valence-corrected chi connectivity index (χ2v) is 12.3. The van der Waals surface area contributed by atoms with Gasteiger partial charge in [0, 0.05) is 49.4 Å². The highest BCUT2D eigenvalue weighted by atomic mass is 79.9. The molecule has 0 radical (unpaired) electrons. The van der Waals surface area contributed by atoms with E-state index in [1.165, 1.54) is 18.3 Å². The summed E-state index contributed by atoms with van der Waals surface area (Å²) in [6, 6.07) is 4.99. The molecule has 16 heteroatoms. The molecule has 0 bridgehead atoms. The number of benzene rings is 1. The molecule has 0 saturated heterocycles. The van der Waals surface area contributed by atoms with Crippen molar-refractivity contribution in [3.05, 3.63) is 69.2 Å². The van der Waals surface area contributed by atoms with E-state index >= 15 is 0 Å². The Hall–Kier alpha value is -3.11. The van der Waals surface area contributed by atoms with Crippen molar-refractivity contribution in [2.75, 3.05) is 11.3 Å². The Bertz CT molecular complexity index is 1490. The topological polar surface area (TPSA) is 126 Å². The third-order valence-electron chi connectivity index (χ3n) is 5.52. The number of fused-ring (bicyclic) bond motifs is 1. The summed E-state index contributed by atoms with van der Waals surface area (Å²) in [7, 11) is -3.97. The van der Waals surface area contributed by atoms with Gasteiger partial charge in [0.25, 0.3) is 10.0 Å². The van der Waals surface area contributed by atoms with Crippen molar-refractivity contribution in [2.45, 2.75) is 56.8 Å². The van der Waals surface area contributed by atoms with Crippen molar-refractivity contribution in [1.29, 1.82) is 0 Å². The molecule has 3 heterocycles. The maximum Gasteiger partial charge on any atom is 0.490 e. The monoisotopic (exact) mass is 654 g/mol. The van der Waals surface area contributed by atoms with Crippen molar-refractivity contribution in [1.82, 2.24) is 15.0 Å². The van der Waals surface area contributed by atoms with Gasteiger partial charge in [0.2, 0.25) is 0 Å². The Balaban J connectivity index is 0.000000559. The van der Waals surface area contributed by atoms with Crippen LogP contribution in [-0.4, -0.2) is 47.3 Å². The van der Waals surface area contributed by atoms with E-state index in [1.807, 2.05) is 25.7 Å². The van der Waals surface area contributed by atoms with E-state index in [2.05, 4.69) is 30.8 Å². The number of aromatic nitrogens is 2. The summed E-state index contributed by atoms with van der Waals surface area (Å²) >= 11 is 3.36. The third-order valence-corrected chi connectivity index (χ3v) is 7.56. The van der Waals surface area contributed by atoms with Crippen LogP contribution in [0.3, 0.4) is 0 Å². The Kier molecular flexibility index (Phi) is 9.26. The number of rotatable bonds is 5. The molecular weight excluding hydrogens is 631 g/mol. The zero-order valence-corrected chi connectivity index (χ0v) is 23.7. The number of sulfonamides is 1. The molecule has 4 rings (SSSR count). The second kappa shape index (κ2) is 11.8. The molecule has 0 spiro atoms. The van der Waals surface area contributed by atoms with Crippen LogP contribution in [0.15, 0.2) is 44.4 Å². The van der Waals surface area contributed by atoms with Gasteiger partial charge < -0.3 is 9.63 Å². The Morgan fingerprint density at radius 2 is 1.75 bits per heavy atom. The number of nitrogens with one attached hydrogen (secondary N) is 1. The normalized spacial score (nSPS) is 14.2. The fraction of sp³-hybridized carbons (Fsp3) is 0.375. The quantitative estimate of drug-likeness (QED) is 0.350. The summed E-state index contributed by atoms with van der Waals surface area (Å²) < 4.78 is 93.0. The molecule has 1 aliphatic heterocycles. The van der Waals surface area contributed by atoms with Crippen LogP contribution in [0.5, 0.6) is 0 Å². The number of hydrogen-bond donors (Lipinski definition) is 2. The van der Waals surface area contributed by atoms with Crippen LogP contribution < -0.4 is 4.72 Å². The first kappa shape index (κ1) is 31.4. The number of carboxylic acids is 1. The van der Waals surface area contributed by atoms with Gasteiger partial charge in [0.1, 0.15) is 21.0 Å². The number of alkyl halides is 3. The molecule has 2 aromatic heterocycles. The molecule has 3 aromatic rings. The lowest BCUT2D eigenvalue weighted by atomic mass is 9.93. The molecule has 2 N–H and O–H groups in total. The molecule has 0 fully saturated rings. The molecule has 9 nitrogen and oxygen atoms in total. The molecule has 0 amide bonds. The summed E-state index contributed by atoms with van der Waals surface area (Å²) in [5, 5.41) is 11.0. The highest BCUT2D eigenvalue weighted by molar-refractivity contribution is 9.10. The zero-order chi connectivity index (χ0) is 30.0. The predicted molar refractivity (Wildman–Crippen MR) is 136 cm³/mol. The van der Waals surface area contributed by atoms with Crippen molar-refractivity contribution >= 4 is 37.7 Å². The highest BCUT2D eigenvalue weighted by Gasteiger charge is 2.38. The van der Waals surface area contributed by atoms with E-state index in [4.69, 9.17) is 14.4 Å². The molecule has 0 saturated carbocycles. The van der Waals surface area contributed by atoms with Crippen LogP contribution in [0, 0.1) is 11.6 Å². The van der Waals surface area contributed by atoms with Crippen LogP contribution in [0.2, 0.25) is 0 Å². The van der Waals surface area contributed by atoms with Gasteiger partial charge in [-0.3, -0.25) is 14.6 Å². The smallest absolute Gasteiger partial charge is 0.475 e. The van der Waals surface area contributed by atoms with Crippen LogP contribution in [0.4, 0.5) is 27.8 Å². The zero-order valence-electron chi connectivity index (χ0n) is 21.3. The van der Waals surface area contributed by atoms with Crippen molar-refractivity contribution in [2.24, 2.45) is 0 Å². The van der Waals surface area contributed by atoms with Gasteiger partial charge in [-0.1, -0.05) is 25.9 Å². The van der Waals surface area contributed by atoms with Crippen molar-refractivity contribution < 1.29 is 44.8 Å². The van der Waals surface area contributed by atoms with E-state index in [9.17, 15) is 30.4 Å². The van der Waals surface area contributed by atoms with E-state index in [-0.39, 0.29) is 16.1 Å². The van der Waals surface area contributed by atoms with Crippen molar-refractivity contribution in [3.8, 4) is 0 Å². The lowest BCUT2D eigenvalue weighted by Gasteiger charge is -2.28. The van der Waals surface area contributed by atoms with Crippen LogP contribution in [0.25, 0.3) is 0 Å². The minimum Gasteiger partial charge on any atom is -0.475 e. The minimum atomic E-state index is -5.08. The number of anilines is 1. The van der Waals surface area contributed by atoms with Gasteiger partial charge in [0.05, 0.1) is 0 Å². The average Bonchev–Trinajstić information content (AvgIpc) is 3.17. The number of nitrogens with zero attached hydrogens (tertiary/aromatic N) is 3. The highest BCUT2D eigenvalue weighted by Crippen LogP contribution is 2.35. The van der Waals surface area contributed by atoms with E-state index in [0.717, 1.165) is 17.3 Å². The summed E-state index contributed by atoms with van der Waals surface area (Å²) in [5.41, 5.74) is 1.69. The number of carboxylic acid groups (broad SMARTS) is 1. The Labute approximate surface area is 234 Å². The largest absolute Gasteiger partial charge is 0.490 e. The third kappa shape index (κ3) is 7.97.